The standard InChI is InChI=1S/C20H23N3O/c21-19-10-8-16(15-22-19)9-11-20(24)23-13-4-7-18(12-14-23)17-5-2-1-3-6-17/h2,5-11,15H,1,3-4,12-14H2,(H2,21,22)/b11-9+. The van der Waals surface area contributed by atoms with Crippen molar-refractivity contribution in [3.63, 3.8) is 0 Å². The molecule has 2 N–H and O–H groups in total. The monoisotopic (exact) mass is 321 g/mol. The third kappa shape index (κ3) is 4.22. The van der Waals surface area contributed by atoms with Crippen LogP contribution in [0.15, 0.2) is 59.9 Å². The molecule has 3 rings (SSSR count). The van der Waals surface area contributed by atoms with Crippen molar-refractivity contribution in [3.8, 4) is 0 Å². The van der Waals surface area contributed by atoms with Gasteiger partial charge in [0, 0.05) is 25.4 Å². The van der Waals surface area contributed by atoms with Gasteiger partial charge < -0.3 is 10.6 Å². The molecule has 1 aliphatic heterocycles. The average molecular weight is 321 g/mol. The molecule has 2 heterocycles. The molecule has 1 aromatic rings. The molecule has 0 spiro atoms. The highest BCUT2D eigenvalue weighted by Gasteiger charge is 2.15. The van der Waals surface area contributed by atoms with Crippen molar-refractivity contribution in [2.45, 2.75) is 25.7 Å². The second kappa shape index (κ2) is 7.77. The van der Waals surface area contributed by atoms with E-state index in [1.165, 1.54) is 11.1 Å². The number of hydrogen-bond acceptors (Lipinski definition) is 3. The summed E-state index contributed by atoms with van der Waals surface area (Å²) in [6.45, 7) is 1.53. The minimum Gasteiger partial charge on any atom is -0.384 e. The van der Waals surface area contributed by atoms with Gasteiger partial charge in [0.15, 0.2) is 0 Å². The highest BCUT2D eigenvalue weighted by Crippen LogP contribution is 2.23. The molecule has 0 atom stereocenters. The number of carbonyl (C=O) groups is 1. The zero-order valence-electron chi connectivity index (χ0n) is 13.8. The molecule has 1 amide bonds. The fourth-order valence-corrected chi connectivity index (χ4v) is 2.99. The summed E-state index contributed by atoms with van der Waals surface area (Å²) in [6.07, 6.45) is 18.2. The largest absolute Gasteiger partial charge is 0.384 e. The summed E-state index contributed by atoms with van der Waals surface area (Å²) in [5, 5.41) is 0. The van der Waals surface area contributed by atoms with Gasteiger partial charge in [-0.15, -0.1) is 0 Å². The molecule has 1 aliphatic carbocycles. The average Bonchev–Trinajstić information content (AvgIpc) is 2.88. The lowest BCUT2D eigenvalue weighted by atomic mass is 9.97. The highest BCUT2D eigenvalue weighted by atomic mass is 16.2. The minimum atomic E-state index is 0.0506. The van der Waals surface area contributed by atoms with Crippen LogP contribution in [0.1, 0.15) is 31.2 Å². The lowest BCUT2D eigenvalue weighted by molar-refractivity contribution is -0.125. The molecule has 1 aromatic heterocycles. The molecule has 2 aliphatic rings. The molecule has 0 radical (unpaired) electrons. The van der Waals surface area contributed by atoms with Crippen molar-refractivity contribution in [2.24, 2.45) is 0 Å². The number of carbonyl (C=O) groups excluding carboxylic acids is 1. The second-order valence-corrected chi connectivity index (χ2v) is 6.08. The van der Waals surface area contributed by atoms with Gasteiger partial charge in [0.1, 0.15) is 5.82 Å². The van der Waals surface area contributed by atoms with Crippen molar-refractivity contribution in [3.05, 3.63) is 65.4 Å². The third-order valence-electron chi connectivity index (χ3n) is 4.35. The number of nitrogen functional groups attached to an aromatic ring is 1. The first-order chi connectivity index (χ1) is 11.7. The summed E-state index contributed by atoms with van der Waals surface area (Å²) in [6, 6.07) is 3.59. The van der Waals surface area contributed by atoms with Crippen LogP contribution in [-0.2, 0) is 4.79 Å². The topological polar surface area (TPSA) is 59.2 Å². The highest BCUT2D eigenvalue weighted by molar-refractivity contribution is 5.91. The van der Waals surface area contributed by atoms with Crippen molar-refractivity contribution < 1.29 is 4.79 Å². The van der Waals surface area contributed by atoms with Gasteiger partial charge in [-0.2, -0.15) is 0 Å². The zero-order chi connectivity index (χ0) is 16.8. The first-order valence-corrected chi connectivity index (χ1v) is 8.47. The molecule has 4 heteroatoms. The lowest BCUT2D eigenvalue weighted by Gasteiger charge is -2.19. The first-order valence-electron chi connectivity index (χ1n) is 8.47. The Balaban J connectivity index is 1.58. The molecule has 0 bridgehead atoms. The van der Waals surface area contributed by atoms with Gasteiger partial charge in [-0.1, -0.05) is 24.3 Å². The molecule has 0 aromatic carbocycles. The third-order valence-corrected chi connectivity index (χ3v) is 4.35. The van der Waals surface area contributed by atoms with Crippen LogP contribution in [-0.4, -0.2) is 28.9 Å². The summed E-state index contributed by atoms with van der Waals surface area (Å²) in [5.74, 6) is 0.533. The van der Waals surface area contributed by atoms with Crippen molar-refractivity contribution in [1.82, 2.24) is 9.88 Å². The first kappa shape index (κ1) is 16.2. The van der Waals surface area contributed by atoms with Gasteiger partial charge in [0.25, 0.3) is 0 Å². The van der Waals surface area contributed by atoms with E-state index in [1.807, 2.05) is 11.0 Å². The van der Waals surface area contributed by atoms with Crippen LogP contribution >= 0.6 is 0 Å². The van der Waals surface area contributed by atoms with Crippen molar-refractivity contribution in [2.75, 3.05) is 18.8 Å². The summed E-state index contributed by atoms with van der Waals surface area (Å²) in [7, 11) is 0. The molecule has 4 nitrogen and oxygen atoms in total. The predicted molar refractivity (Wildman–Crippen MR) is 98.0 cm³/mol. The Kier molecular flexibility index (Phi) is 5.26. The van der Waals surface area contributed by atoms with Crippen molar-refractivity contribution in [1.29, 1.82) is 0 Å². The van der Waals surface area contributed by atoms with Crippen LogP contribution in [0.4, 0.5) is 5.82 Å². The molecule has 124 valence electrons. The van der Waals surface area contributed by atoms with Crippen molar-refractivity contribution >= 4 is 17.8 Å². The minimum absolute atomic E-state index is 0.0506. The summed E-state index contributed by atoms with van der Waals surface area (Å²) in [4.78, 5) is 18.4. The number of nitrogens with zero attached hydrogens (tertiary/aromatic N) is 2. The van der Waals surface area contributed by atoms with E-state index in [1.54, 1.807) is 24.4 Å². The molecule has 0 fully saturated rings. The SMILES string of the molecule is Nc1ccc(/C=C/C(=O)N2CCC=C(C3=CCCC=C3)CC2)cn1. The zero-order valence-corrected chi connectivity index (χ0v) is 13.8. The van der Waals surface area contributed by atoms with E-state index in [4.69, 9.17) is 5.73 Å². The molecular formula is C20H23N3O. The van der Waals surface area contributed by atoms with E-state index >= 15 is 0 Å². The Morgan fingerprint density at radius 1 is 1.17 bits per heavy atom. The van der Waals surface area contributed by atoms with E-state index in [2.05, 4.69) is 29.3 Å². The Morgan fingerprint density at radius 3 is 2.83 bits per heavy atom. The predicted octanol–water partition coefficient (Wildman–Crippen LogP) is 3.50. The lowest BCUT2D eigenvalue weighted by Crippen LogP contribution is -2.30. The Bertz CT molecular complexity index is 711. The van der Waals surface area contributed by atoms with Gasteiger partial charge >= 0.3 is 0 Å². The number of nitrogens with two attached hydrogens (primary N) is 1. The van der Waals surface area contributed by atoms with E-state index in [0.29, 0.717) is 5.82 Å². The second-order valence-electron chi connectivity index (χ2n) is 6.08. The smallest absolute Gasteiger partial charge is 0.246 e. The Morgan fingerprint density at radius 2 is 2.08 bits per heavy atom. The fourth-order valence-electron chi connectivity index (χ4n) is 2.99. The van der Waals surface area contributed by atoms with Crippen LogP contribution in [0.2, 0.25) is 0 Å². The molecule has 0 unspecified atom stereocenters. The maximum absolute atomic E-state index is 12.4. The Labute approximate surface area is 143 Å². The quantitative estimate of drug-likeness (QED) is 0.867. The van der Waals surface area contributed by atoms with Gasteiger partial charge in [-0.05, 0) is 60.6 Å². The normalized spacial score (nSPS) is 18.2. The number of amides is 1. The maximum Gasteiger partial charge on any atom is 0.246 e. The maximum atomic E-state index is 12.4. The molecule has 0 saturated carbocycles. The summed E-state index contributed by atoms with van der Waals surface area (Å²) >= 11 is 0. The molecule has 24 heavy (non-hydrogen) atoms. The van der Waals surface area contributed by atoms with E-state index in [0.717, 1.165) is 44.3 Å². The van der Waals surface area contributed by atoms with Gasteiger partial charge in [0.05, 0.1) is 0 Å². The Hall–Kier alpha value is -2.62. The van der Waals surface area contributed by atoms with E-state index in [-0.39, 0.29) is 5.91 Å². The van der Waals surface area contributed by atoms with Gasteiger partial charge in [0.2, 0.25) is 5.91 Å². The van der Waals surface area contributed by atoms with Gasteiger partial charge in [-0.25, -0.2) is 4.98 Å². The van der Waals surface area contributed by atoms with E-state index < -0.39 is 0 Å². The number of hydrogen-bond donors (Lipinski definition) is 1. The van der Waals surface area contributed by atoms with Crippen LogP contribution in [0, 0.1) is 0 Å². The number of pyridine rings is 1. The molecule has 0 saturated heterocycles. The summed E-state index contributed by atoms with van der Waals surface area (Å²) in [5.41, 5.74) is 9.15. The van der Waals surface area contributed by atoms with E-state index in [9.17, 15) is 4.79 Å². The van der Waals surface area contributed by atoms with Gasteiger partial charge in [-0.3, -0.25) is 4.79 Å². The number of anilines is 1. The van der Waals surface area contributed by atoms with Crippen LogP contribution < -0.4 is 5.73 Å². The van der Waals surface area contributed by atoms with Crippen LogP contribution in [0.5, 0.6) is 0 Å². The number of allylic oxidation sites excluding steroid dienone is 4. The molecular weight excluding hydrogens is 298 g/mol. The number of aromatic nitrogens is 1. The fraction of sp³-hybridized carbons (Fsp3) is 0.300. The van der Waals surface area contributed by atoms with Crippen LogP contribution in [0.25, 0.3) is 6.08 Å². The number of rotatable bonds is 3. The van der Waals surface area contributed by atoms with Crippen LogP contribution in [0.3, 0.4) is 0 Å². The summed E-state index contributed by atoms with van der Waals surface area (Å²) < 4.78 is 0.